The molecule has 10 nitrogen and oxygen atoms in total. The zero-order chi connectivity index (χ0) is 32.1. The molecule has 5 rings (SSSR count). The van der Waals surface area contributed by atoms with E-state index in [-0.39, 0.29) is 4.84 Å². The van der Waals surface area contributed by atoms with Crippen molar-refractivity contribution in [3.05, 3.63) is 76.5 Å². The van der Waals surface area contributed by atoms with Gasteiger partial charge >= 0.3 is 18.3 Å². The number of hydrogen-bond acceptors (Lipinski definition) is 8. The maximum absolute atomic E-state index is 14.5. The molecule has 0 radical (unpaired) electrons. The van der Waals surface area contributed by atoms with Crippen LogP contribution in [0.4, 0.5) is 42.4 Å². The number of alkyl halides is 6. The van der Waals surface area contributed by atoms with E-state index in [1.807, 2.05) is 18.2 Å². The van der Waals surface area contributed by atoms with E-state index in [0.717, 1.165) is 11.8 Å². The van der Waals surface area contributed by atoms with Crippen molar-refractivity contribution < 1.29 is 49.8 Å². The zero-order valence-corrected chi connectivity index (χ0v) is 23.1. The van der Waals surface area contributed by atoms with Crippen LogP contribution in [-0.4, -0.2) is 48.7 Å². The molecule has 236 valence electrons. The molecule has 18 heteroatoms. The molecular formula is C26H23F7N6O4S. The predicted octanol–water partition coefficient (Wildman–Crippen LogP) is 6.89. The molecule has 44 heavy (non-hydrogen) atoms. The number of aliphatic carboxylic acids is 1. The minimum atomic E-state index is -5.08. The highest BCUT2D eigenvalue weighted by Gasteiger charge is 2.43. The lowest BCUT2D eigenvalue weighted by atomic mass is 9.70. The van der Waals surface area contributed by atoms with Crippen molar-refractivity contribution in [1.29, 1.82) is 0 Å². The lowest BCUT2D eigenvalue weighted by Crippen LogP contribution is -2.38. The van der Waals surface area contributed by atoms with Crippen LogP contribution in [0.15, 0.2) is 53.1 Å². The van der Waals surface area contributed by atoms with Gasteiger partial charge in [-0.15, -0.1) is 5.10 Å². The van der Waals surface area contributed by atoms with Gasteiger partial charge in [-0.25, -0.2) is 19.3 Å². The second-order valence-electron chi connectivity index (χ2n) is 9.71. The maximum Gasteiger partial charge on any atom is 0.490 e. The lowest BCUT2D eigenvalue weighted by Gasteiger charge is -2.37. The second-order valence-corrected chi connectivity index (χ2v) is 10.1. The van der Waals surface area contributed by atoms with Crippen molar-refractivity contribution in [1.82, 2.24) is 25.4 Å². The molecule has 1 aliphatic rings. The van der Waals surface area contributed by atoms with E-state index < -0.39 is 47.0 Å². The molecule has 0 spiro atoms. The van der Waals surface area contributed by atoms with Gasteiger partial charge < -0.3 is 19.6 Å². The Kier molecular flexibility index (Phi) is 9.60. The summed E-state index contributed by atoms with van der Waals surface area (Å²) in [5.41, 5.74) is -1.16. The Bertz CT molecular complexity index is 1610. The van der Waals surface area contributed by atoms with E-state index in [1.54, 1.807) is 12.3 Å². The molecule has 0 bridgehead atoms. The number of carboxylic acid groups (broad SMARTS) is 1. The van der Waals surface area contributed by atoms with Gasteiger partial charge in [-0.2, -0.15) is 31.4 Å². The van der Waals surface area contributed by atoms with Crippen molar-refractivity contribution in [2.75, 3.05) is 5.32 Å². The third kappa shape index (κ3) is 8.12. The number of H-pyrrole nitrogens is 2. The van der Waals surface area contributed by atoms with E-state index in [0.29, 0.717) is 55.7 Å². The molecule has 0 unspecified atom stereocenters. The van der Waals surface area contributed by atoms with Crippen molar-refractivity contribution in [2.24, 2.45) is 0 Å². The molecule has 3 heterocycles. The Morgan fingerprint density at radius 3 is 2.32 bits per heavy atom. The van der Waals surface area contributed by atoms with Gasteiger partial charge in [0.2, 0.25) is 5.89 Å². The van der Waals surface area contributed by atoms with Gasteiger partial charge in [0.1, 0.15) is 5.82 Å². The Hall–Kier alpha value is -4.48. The van der Waals surface area contributed by atoms with Crippen LogP contribution >= 0.6 is 12.2 Å². The van der Waals surface area contributed by atoms with Gasteiger partial charge in [-0.1, -0.05) is 12.1 Å². The number of rotatable bonds is 7. The third-order valence-corrected chi connectivity index (χ3v) is 6.84. The topological polar surface area (TPSA) is 142 Å². The minimum Gasteiger partial charge on any atom is -0.487 e. The summed E-state index contributed by atoms with van der Waals surface area (Å²) >= 11 is 5.09. The van der Waals surface area contributed by atoms with Crippen LogP contribution in [0, 0.1) is 10.7 Å². The smallest absolute Gasteiger partial charge is 0.487 e. The average Bonchev–Trinajstić information content (AvgIpc) is 3.62. The van der Waals surface area contributed by atoms with E-state index in [1.165, 1.54) is 6.07 Å². The van der Waals surface area contributed by atoms with Crippen LogP contribution in [-0.2, 0) is 22.8 Å². The molecule has 3 aromatic heterocycles. The van der Waals surface area contributed by atoms with Crippen LogP contribution in [0.2, 0.25) is 0 Å². The Labute approximate surface area is 248 Å². The van der Waals surface area contributed by atoms with Gasteiger partial charge in [0.05, 0.1) is 17.1 Å². The highest BCUT2D eigenvalue weighted by Crippen LogP contribution is 2.43. The van der Waals surface area contributed by atoms with Crippen LogP contribution in [0.3, 0.4) is 0 Å². The first-order valence-electron chi connectivity index (χ1n) is 12.8. The molecule has 1 aliphatic carbocycles. The van der Waals surface area contributed by atoms with Gasteiger partial charge in [0, 0.05) is 24.4 Å². The number of hydrogen-bond donors (Lipinski definition) is 4. The number of nitrogens with one attached hydrogen (secondary N) is 3. The molecule has 0 aliphatic heterocycles. The maximum atomic E-state index is 14.5. The van der Waals surface area contributed by atoms with E-state index in [9.17, 15) is 30.7 Å². The van der Waals surface area contributed by atoms with Gasteiger partial charge in [-0.05, 0) is 62.2 Å². The lowest BCUT2D eigenvalue weighted by molar-refractivity contribution is -0.192. The molecule has 4 N–H and O–H groups in total. The average molecular weight is 649 g/mol. The fraction of sp³-hybridized carbons (Fsp3) is 0.346. The number of pyridine rings is 1. The number of halogens is 7. The van der Waals surface area contributed by atoms with E-state index in [2.05, 4.69) is 25.7 Å². The van der Waals surface area contributed by atoms with Gasteiger partial charge in [0.25, 0.3) is 4.84 Å². The highest BCUT2D eigenvalue weighted by atomic mass is 32.1. The molecule has 1 aromatic carbocycles. The summed E-state index contributed by atoms with van der Waals surface area (Å²) in [4.78, 5) is 13.7. The first-order valence-corrected chi connectivity index (χ1v) is 13.2. The predicted molar refractivity (Wildman–Crippen MR) is 141 cm³/mol. The highest BCUT2D eigenvalue weighted by molar-refractivity contribution is 7.71. The molecule has 4 aromatic rings. The first kappa shape index (κ1) is 32.4. The zero-order valence-electron chi connectivity index (χ0n) is 22.3. The molecule has 0 amide bonds. The molecule has 1 saturated carbocycles. The van der Waals surface area contributed by atoms with Crippen LogP contribution < -0.4 is 10.1 Å². The summed E-state index contributed by atoms with van der Waals surface area (Å²) in [6, 6.07) is 10.4. The summed E-state index contributed by atoms with van der Waals surface area (Å²) in [6.45, 7) is 0. The van der Waals surface area contributed by atoms with Crippen LogP contribution in [0.5, 0.6) is 5.75 Å². The number of anilines is 2. The number of ether oxygens (including phenoxy) is 1. The Morgan fingerprint density at radius 1 is 1.07 bits per heavy atom. The summed E-state index contributed by atoms with van der Waals surface area (Å²) in [7, 11) is 0. The summed E-state index contributed by atoms with van der Waals surface area (Å²) in [5.74, 6) is -2.92. The number of carboxylic acids is 1. The second kappa shape index (κ2) is 13.0. The largest absolute Gasteiger partial charge is 0.490 e. The van der Waals surface area contributed by atoms with Gasteiger partial charge in [-0.3, -0.25) is 5.10 Å². The number of aromatic nitrogens is 5. The van der Waals surface area contributed by atoms with E-state index in [4.69, 9.17) is 36.3 Å². The first-order chi connectivity index (χ1) is 20.7. The van der Waals surface area contributed by atoms with Crippen molar-refractivity contribution in [3.63, 3.8) is 0 Å². The summed E-state index contributed by atoms with van der Waals surface area (Å²) in [5, 5.41) is 24.0. The van der Waals surface area contributed by atoms with Crippen LogP contribution in [0.25, 0.3) is 0 Å². The number of benzene rings is 1. The monoisotopic (exact) mass is 648 g/mol. The Morgan fingerprint density at radius 2 is 1.75 bits per heavy atom. The molecule has 1 fully saturated rings. The summed E-state index contributed by atoms with van der Waals surface area (Å²) < 4.78 is 96.9. The molecule has 0 atom stereocenters. The van der Waals surface area contributed by atoms with Crippen molar-refractivity contribution in [2.45, 2.75) is 56.0 Å². The van der Waals surface area contributed by atoms with Crippen molar-refractivity contribution in [3.8, 4) is 5.75 Å². The number of aromatic amines is 2. The van der Waals surface area contributed by atoms with E-state index >= 15 is 0 Å². The standard InChI is InChI=1S/C24H22F4N6O2S.C2HF3O2/c25-20-16(24(26,27)28)4-2-5-17(20)35-15-7-10-23(11-8-15,21-33-34-22(37)36-21)13-14-3-1-6-18(30-14)31-19-9-12-29-32-19;3-2(4,5)1(6)7/h1-6,9,12,15H,7-8,10-11,13H2,(H,34,37)(H2,29,30,31,32);(H,6,7)/t15-,23-;. The third-order valence-electron chi connectivity index (χ3n) is 6.67. The summed E-state index contributed by atoms with van der Waals surface area (Å²) in [6.07, 6.45) is -6.29. The molecule has 0 saturated heterocycles. The van der Waals surface area contributed by atoms with Crippen LogP contribution in [0.1, 0.15) is 42.8 Å². The minimum absolute atomic E-state index is 0.140. The quantitative estimate of drug-likeness (QED) is 0.125. The SMILES string of the molecule is Fc1c(O[C@H]2CC[C@](Cc3cccc(Nc4cc[nH]n4)n3)(c3n[nH]c(=S)o3)CC2)cccc1C(F)(F)F.O=C(O)C(F)(F)F. The Balaban J connectivity index is 0.000000566. The van der Waals surface area contributed by atoms with Gasteiger partial charge in [0.15, 0.2) is 17.4 Å². The molecular weight excluding hydrogens is 625 g/mol. The van der Waals surface area contributed by atoms with Crippen molar-refractivity contribution >= 4 is 29.8 Å². The number of carbonyl (C=O) groups is 1. The number of nitrogens with zero attached hydrogens (tertiary/aromatic N) is 3. The normalized spacial score (nSPS) is 18.7. The fourth-order valence-electron chi connectivity index (χ4n) is 4.64. The fourth-order valence-corrected chi connectivity index (χ4v) is 4.77.